The zero-order valence-electron chi connectivity index (χ0n) is 12.1. The van der Waals surface area contributed by atoms with Crippen LogP contribution in [0.5, 0.6) is 0 Å². The lowest BCUT2D eigenvalue weighted by Gasteiger charge is -2.23. The Bertz CT molecular complexity index is 549. The van der Waals surface area contributed by atoms with Crippen molar-refractivity contribution < 1.29 is 14.7 Å². The highest BCUT2D eigenvalue weighted by molar-refractivity contribution is 6.01. The number of benzene rings is 1. The van der Waals surface area contributed by atoms with Crippen molar-refractivity contribution in [2.75, 3.05) is 4.90 Å². The van der Waals surface area contributed by atoms with Crippen molar-refractivity contribution >= 4 is 17.6 Å². The highest BCUT2D eigenvalue weighted by Crippen LogP contribution is 2.34. The van der Waals surface area contributed by atoms with E-state index in [-0.39, 0.29) is 5.91 Å². The van der Waals surface area contributed by atoms with Crippen molar-refractivity contribution in [1.82, 2.24) is 0 Å². The van der Waals surface area contributed by atoms with Gasteiger partial charge in [0.15, 0.2) is 0 Å². The molecule has 0 saturated heterocycles. The van der Waals surface area contributed by atoms with Gasteiger partial charge in [-0.3, -0.25) is 9.69 Å². The van der Waals surface area contributed by atoms with Gasteiger partial charge in [0.2, 0.25) is 5.91 Å². The fourth-order valence-corrected chi connectivity index (χ4v) is 3.64. The summed E-state index contributed by atoms with van der Waals surface area (Å²) in [6.45, 7) is 0. The van der Waals surface area contributed by atoms with Crippen LogP contribution >= 0.6 is 0 Å². The molecule has 1 aliphatic carbocycles. The number of hydrogen-bond donors (Lipinski definition) is 1. The van der Waals surface area contributed by atoms with Gasteiger partial charge in [-0.2, -0.15) is 0 Å². The highest BCUT2D eigenvalue weighted by atomic mass is 16.4. The van der Waals surface area contributed by atoms with E-state index in [2.05, 4.69) is 0 Å². The lowest BCUT2D eigenvalue weighted by Crippen LogP contribution is -2.42. The summed E-state index contributed by atoms with van der Waals surface area (Å²) in [4.78, 5) is 25.5. The predicted octanol–water partition coefficient (Wildman–Crippen LogP) is 3.00. The van der Waals surface area contributed by atoms with Crippen LogP contribution < -0.4 is 4.90 Å². The van der Waals surface area contributed by atoms with E-state index in [0.29, 0.717) is 18.8 Å². The van der Waals surface area contributed by atoms with Crippen molar-refractivity contribution in [3.05, 3.63) is 29.8 Å². The number of carbonyl (C=O) groups excluding carboxylic acids is 1. The topological polar surface area (TPSA) is 57.6 Å². The van der Waals surface area contributed by atoms with Crippen LogP contribution in [0.3, 0.4) is 0 Å². The van der Waals surface area contributed by atoms with Gasteiger partial charge in [-0.25, -0.2) is 4.79 Å². The maximum Gasteiger partial charge on any atom is 0.327 e. The average Bonchev–Trinajstić information content (AvgIpc) is 3.11. The minimum Gasteiger partial charge on any atom is -0.480 e. The van der Waals surface area contributed by atoms with E-state index < -0.39 is 12.0 Å². The molecule has 2 aliphatic rings. The number of amides is 1. The van der Waals surface area contributed by atoms with Gasteiger partial charge in [-0.15, -0.1) is 0 Å². The monoisotopic (exact) mass is 287 g/mol. The van der Waals surface area contributed by atoms with E-state index in [4.69, 9.17) is 0 Å². The fourth-order valence-electron chi connectivity index (χ4n) is 3.64. The molecule has 0 bridgehead atoms. The van der Waals surface area contributed by atoms with Crippen LogP contribution in [-0.4, -0.2) is 23.0 Å². The zero-order chi connectivity index (χ0) is 14.8. The first-order valence-corrected chi connectivity index (χ1v) is 7.79. The lowest BCUT2D eigenvalue weighted by atomic mass is 10.0. The molecule has 4 nitrogen and oxygen atoms in total. The van der Waals surface area contributed by atoms with Gasteiger partial charge in [0.25, 0.3) is 0 Å². The number of carboxylic acid groups (broad SMARTS) is 1. The summed E-state index contributed by atoms with van der Waals surface area (Å²) in [6, 6.07) is 6.78. The molecular weight excluding hydrogens is 266 g/mol. The van der Waals surface area contributed by atoms with Crippen LogP contribution in [0.2, 0.25) is 0 Å². The van der Waals surface area contributed by atoms with Gasteiger partial charge in [0.05, 0.1) is 0 Å². The molecule has 112 valence electrons. The molecule has 1 heterocycles. The second-order valence-corrected chi connectivity index (χ2v) is 6.14. The molecule has 1 saturated carbocycles. The maximum atomic E-state index is 12.5. The Labute approximate surface area is 124 Å². The summed E-state index contributed by atoms with van der Waals surface area (Å²) in [7, 11) is 0. The molecule has 1 aromatic carbocycles. The fraction of sp³-hybridized carbons (Fsp3) is 0.529. The lowest BCUT2D eigenvalue weighted by molar-refractivity contribution is -0.139. The molecule has 4 heteroatoms. The Balaban J connectivity index is 1.73. The minimum atomic E-state index is -0.916. The third-order valence-corrected chi connectivity index (χ3v) is 4.77. The molecule has 1 N–H and O–H groups in total. The number of anilines is 1. The van der Waals surface area contributed by atoms with Gasteiger partial charge in [0.1, 0.15) is 6.04 Å². The van der Waals surface area contributed by atoms with E-state index in [1.165, 1.54) is 30.6 Å². The van der Waals surface area contributed by atoms with Crippen molar-refractivity contribution in [3.8, 4) is 0 Å². The van der Waals surface area contributed by atoms with Gasteiger partial charge < -0.3 is 5.11 Å². The molecule has 0 radical (unpaired) electrons. The van der Waals surface area contributed by atoms with Gasteiger partial charge >= 0.3 is 5.97 Å². The van der Waals surface area contributed by atoms with Crippen molar-refractivity contribution in [3.63, 3.8) is 0 Å². The molecule has 1 amide bonds. The Hall–Kier alpha value is -1.84. The number of rotatable bonds is 4. The molecule has 1 aliphatic heterocycles. The SMILES string of the molecule is O=C(O)[C@@H]1Cc2ccccc2N1C(=O)CCC1CCCC1. The molecule has 1 aromatic rings. The van der Waals surface area contributed by atoms with Crippen LogP contribution in [-0.2, 0) is 16.0 Å². The first-order valence-electron chi connectivity index (χ1n) is 7.79. The summed E-state index contributed by atoms with van der Waals surface area (Å²) in [5.74, 6) is -0.310. The van der Waals surface area contributed by atoms with E-state index in [0.717, 1.165) is 17.7 Å². The third-order valence-electron chi connectivity index (χ3n) is 4.77. The average molecular weight is 287 g/mol. The molecule has 1 atom stereocenters. The van der Waals surface area contributed by atoms with E-state index in [1.54, 1.807) is 0 Å². The second kappa shape index (κ2) is 5.88. The number of aliphatic carboxylic acids is 1. The second-order valence-electron chi connectivity index (χ2n) is 6.14. The first-order chi connectivity index (χ1) is 10.2. The van der Waals surface area contributed by atoms with Crippen LogP contribution in [0, 0.1) is 5.92 Å². The summed E-state index contributed by atoms with van der Waals surface area (Å²) >= 11 is 0. The molecule has 21 heavy (non-hydrogen) atoms. The van der Waals surface area contributed by atoms with Crippen LogP contribution in [0.25, 0.3) is 0 Å². The number of hydrogen-bond acceptors (Lipinski definition) is 2. The number of carbonyl (C=O) groups is 2. The van der Waals surface area contributed by atoms with Crippen molar-refractivity contribution in [1.29, 1.82) is 0 Å². The Kier molecular flexibility index (Phi) is 3.95. The largest absolute Gasteiger partial charge is 0.480 e. The summed E-state index contributed by atoms with van der Waals surface area (Å²) < 4.78 is 0. The summed E-state index contributed by atoms with van der Waals surface area (Å²) in [5, 5.41) is 9.39. The molecular formula is C17H21NO3. The summed E-state index contributed by atoms with van der Waals surface area (Å²) in [6.07, 6.45) is 6.73. The Morgan fingerprint density at radius 3 is 2.62 bits per heavy atom. The molecule has 0 spiro atoms. The van der Waals surface area contributed by atoms with Crippen molar-refractivity contribution in [2.45, 2.75) is 51.0 Å². The third kappa shape index (κ3) is 2.80. The number of fused-ring (bicyclic) bond motifs is 1. The number of para-hydroxylation sites is 1. The van der Waals surface area contributed by atoms with Crippen molar-refractivity contribution in [2.24, 2.45) is 5.92 Å². The van der Waals surface area contributed by atoms with E-state index in [9.17, 15) is 14.7 Å². The molecule has 0 aromatic heterocycles. The zero-order valence-corrected chi connectivity index (χ0v) is 12.1. The Morgan fingerprint density at radius 1 is 1.19 bits per heavy atom. The summed E-state index contributed by atoms with van der Waals surface area (Å²) in [5.41, 5.74) is 1.74. The standard InChI is InChI=1S/C17H21NO3/c19-16(10-9-12-5-1-2-6-12)18-14-8-4-3-7-13(14)11-15(18)17(20)21/h3-4,7-8,12,15H,1-2,5-6,9-11H2,(H,20,21)/t15-/m0/s1. The quantitative estimate of drug-likeness (QED) is 0.926. The molecule has 1 fully saturated rings. The molecule has 0 unspecified atom stereocenters. The van der Waals surface area contributed by atoms with E-state index in [1.807, 2.05) is 24.3 Å². The number of carboxylic acids is 1. The van der Waals surface area contributed by atoms with Gasteiger partial charge in [0, 0.05) is 18.5 Å². The first kappa shape index (κ1) is 14.1. The van der Waals surface area contributed by atoms with Crippen LogP contribution in [0.4, 0.5) is 5.69 Å². The molecule has 3 rings (SSSR count). The van der Waals surface area contributed by atoms with Crippen LogP contribution in [0.1, 0.15) is 44.1 Å². The van der Waals surface area contributed by atoms with E-state index >= 15 is 0 Å². The minimum absolute atomic E-state index is 0.0424. The van der Waals surface area contributed by atoms with Gasteiger partial charge in [-0.1, -0.05) is 43.9 Å². The van der Waals surface area contributed by atoms with Gasteiger partial charge in [-0.05, 0) is 24.0 Å². The maximum absolute atomic E-state index is 12.5. The van der Waals surface area contributed by atoms with Crippen LogP contribution in [0.15, 0.2) is 24.3 Å². The smallest absolute Gasteiger partial charge is 0.327 e. The Morgan fingerprint density at radius 2 is 1.90 bits per heavy atom. The predicted molar refractivity (Wildman–Crippen MR) is 80.2 cm³/mol. The normalized spacial score (nSPS) is 21.5. The number of nitrogens with zero attached hydrogens (tertiary/aromatic N) is 1. The highest BCUT2D eigenvalue weighted by Gasteiger charge is 2.38.